The van der Waals surface area contributed by atoms with Crippen LogP contribution in [0.3, 0.4) is 0 Å². The predicted octanol–water partition coefficient (Wildman–Crippen LogP) is 6.79. The zero-order valence-electron chi connectivity index (χ0n) is 19.2. The van der Waals surface area contributed by atoms with Crippen molar-refractivity contribution in [1.29, 1.82) is 0 Å². The fourth-order valence-electron chi connectivity index (χ4n) is 6.52. The standard InChI is InChI=1S/C30H26NO/c1-17-13-21-10-11-31-28-25(21)23(14-17)29(4,5)24-15-20-8-6-7-9-22(20)27(26(24)28)30(31)16-18(2)12-19(3)32-30/h6-16H,1-5H3/q+1. The van der Waals surface area contributed by atoms with Gasteiger partial charge in [0.1, 0.15) is 5.76 Å². The molecule has 0 saturated heterocycles. The third kappa shape index (κ3) is 1.95. The van der Waals surface area contributed by atoms with Gasteiger partial charge in [-0.05, 0) is 65.8 Å². The summed E-state index contributed by atoms with van der Waals surface area (Å²) in [6, 6.07) is 18.2. The van der Waals surface area contributed by atoms with Gasteiger partial charge in [0.25, 0.3) is 0 Å². The normalized spacial score (nSPS) is 21.7. The molecule has 0 fully saturated rings. The largest absolute Gasteiger partial charge is 0.429 e. The number of aromatic nitrogens is 1. The number of ether oxygens (including phenoxy) is 1. The van der Waals surface area contributed by atoms with Gasteiger partial charge >= 0.3 is 5.72 Å². The molecular formula is C30H26NO+. The summed E-state index contributed by atoms with van der Waals surface area (Å²) in [4.78, 5) is 0. The summed E-state index contributed by atoms with van der Waals surface area (Å²) in [5.41, 5.74) is 8.51. The Kier molecular flexibility index (Phi) is 3.13. The molecule has 3 aromatic carbocycles. The number of allylic oxidation sites excluding steroid dienone is 3. The van der Waals surface area contributed by atoms with Gasteiger partial charge in [-0.25, -0.2) is 0 Å². The lowest BCUT2D eigenvalue weighted by molar-refractivity contribution is -0.766. The van der Waals surface area contributed by atoms with Crippen LogP contribution < -0.4 is 4.57 Å². The molecule has 1 atom stereocenters. The molecule has 0 amide bonds. The first-order valence-electron chi connectivity index (χ1n) is 11.4. The van der Waals surface area contributed by atoms with Crippen molar-refractivity contribution in [1.82, 2.24) is 0 Å². The highest BCUT2D eigenvalue weighted by Gasteiger charge is 2.58. The van der Waals surface area contributed by atoms with Crippen LogP contribution in [-0.2, 0) is 15.9 Å². The SMILES string of the molecule is CC1=CC2(OC(C)=C1)c1c3c(cc4ccccc14)C(C)(C)c1cc(C)cc4cc[n+]2c-3c14. The van der Waals surface area contributed by atoms with E-state index in [1.54, 1.807) is 0 Å². The topological polar surface area (TPSA) is 13.1 Å². The lowest BCUT2D eigenvalue weighted by Crippen LogP contribution is -2.56. The molecule has 32 heavy (non-hydrogen) atoms. The summed E-state index contributed by atoms with van der Waals surface area (Å²) >= 11 is 0. The Morgan fingerprint density at radius 3 is 2.50 bits per heavy atom. The third-order valence-electron chi connectivity index (χ3n) is 7.71. The number of hydrogen-bond acceptors (Lipinski definition) is 1. The van der Waals surface area contributed by atoms with Crippen molar-refractivity contribution in [3.05, 3.63) is 100 Å². The van der Waals surface area contributed by atoms with Crippen LogP contribution in [0.15, 0.2) is 78.2 Å². The van der Waals surface area contributed by atoms with Crippen LogP contribution in [0.1, 0.15) is 49.9 Å². The van der Waals surface area contributed by atoms with E-state index in [1.807, 2.05) is 0 Å². The Morgan fingerprint density at radius 2 is 1.69 bits per heavy atom. The van der Waals surface area contributed by atoms with E-state index >= 15 is 0 Å². The van der Waals surface area contributed by atoms with E-state index in [4.69, 9.17) is 4.74 Å². The zero-order valence-corrected chi connectivity index (χ0v) is 19.2. The average Bonchev–Trinajstić information content (AvgIpc) is 3.00. The molecular weight excluding hydrogens is 390 g/mol. The number of benzene rings is 3. The summed E-state index contributed by atoms with van der Waals surface area (Å²) in [7, 11) is 0. The molecule has 2 heteroatoms. The number of nitrogens with zero attached hydrogens (tertiary/aromatic N) is 1. The van der Waals surface area contributed by atoms with E-state index in [0.29, 0.717) is 0 Å². The maximum atomic E-state index is 6.83. The van der Waals surface area contributed by atoms with Crippen LogP contribution in [0.25, 0.3) is 32.8 Å². The molecule has 2 aliphatic heterocycles. The van der Waals surface area contributed by atoms with E-state index < -0.39 is 5.72 Å². The molecule has 7 rings (SSSR count). The number of rotatable bonds is 0. The van der Waals surface area contributed by atoms with Gasteiger partial charge in [0.2, 0.25) is 5.69 Å². The number of hydrogen-bond donors (Lipinski definition) is 0. The molecule has 3 heterocycles. The smallest absolute Gasteiger partial charge is 0.361 e. The molecule has 0 saturated carbocycles. The maximum Gasteiger partial charge on any atom is 0.361 e. The van der Waals surface area contributed by atoms with Crippen molar-refractivity contribution in [3.8, 4) is 11.3 Å². The fourth-order valence-corrected chi connectivity index (χ4v) is 6.52. The Balaban J connectivity index is 1.80. The van der Waals surface area contributed by atoms with Gasteiger partial charge in [-0.1, -0.05) is 55.8 Å². The monoisotopic (exact) mass is 416 g/mol. The molecule has 3 aliphatic rings. The van der Waals surface area contributed by atoms with E-state index in [-0.39, 0.29) is 5.41 Å². The molecule has 2 nitrogen and oxygen atoms in total. The number of aryl methyl sites for hydroxylation is 1. The second kappa shape index (κ2) is 5.50. The quantitative estimate of drug-likeness (QED) is 0.288. The van der Waals surface area contributed by atoms with Crippen LogP contribution in [0.2, 0.25) is 0 Å². The third-order valence-corrected chi connectivity index (χ3v) is 7.71. The molecule has 1 unspecified atom stereocenters. The first kappa shape index (κ1) is 18.2. The van der Waals surface area contributed by atoms with Gasteiger partial charge in [0.15, 0.2) is 6.20 Å². The summed E-state index contributed by atoms with van der Waals surface area (Å²) in [6.45, 7) is 11.2. The van der Waals surface area contributed by atoms with Gasteiger partial charge in [-0.15, -0.1) is 4.57 Å². The Hall–Kier alpha value is -3.39. The summed E-state index contributed by atoms with van der Waals surface area (Å²) in [5, 5.41) is 5.22. The summed E-state index contributed by atoms with van der Waals surface area (Å²) < 4.78 is 9.23. The highest BCUT2D eigenvalue weighted by Crippen LogP contribution is 2.56. The summed E-state index contributed by atoms with van der Waals surface area (Å²) in [5.74, 6) is 0.952. The average molecular weight is 417 g/mol. The van der Waals surface area contributed by atoms with Gasteiger partial charge in [-0.3, -0.25) is 0 Å². The second-order valence-corrected chi connectivity index (χ2v) is 10.3. The number of pyridine rings is 1. The minimum atomic E-state index is -0.667. The molecule has 0 radical (unpaired) electrons. The molecule has 1 aromatic heterocycles. The van der Waals surface area contributed by atoms with Crippen LogP contribution in [0.4, 0.5) is 0 Å². The molecule has 156 valence electrons. The predicted molar refractivity (Wildman–Crippen MR) is 130 cm³/mol. The van der Waals surface area contributed by atoms with Crippen LogP contribution in [0.5, 0.6) is 0 Å². The molecule has 0 N–H and O–H groups in total. The van der Waals surface area contributed by atoms with E-state index in [2.05, 4.69) is 106 Å². The summed E-state index contributed by atoms with van der Waals surface area (Å²) in [6.07, 6.45) is 6.68. The molecule has 0 bridgehead atoms. The van der Waals surface area contributed by atoms with E-state index in [1.165, 1.54) is 60.6 Å². The Bertz CT molecular complexity index is 1600. The van der Waals surface area contributed by atoms with E-state index in [0.717, 1.165) is 5.76 Å². The molecule has 1 spiro atoms. The van der Waals surface area contributed by atoms with Crippen molar-refractivity contribution < 1.29 is 9.30 Å². The Labute approximate surface area is 188 Å². The van der Waals surface area contributed by atoms with E-state index in [9.17, 15) is 0 Å². The van der Waals surface area contributed by atoms with Crippen LogP contribution in [0, 0.1) is 6.92 Å². The second-order valence-electron chi connectivity index (χ2n) is 10.3. The maximum absolute atomic E-state index is 6.83. The van der Waals surface area contributed by atoms with Crippen molar-refractivity contribution in [2.24, 2.45) is 0 Å². The minimum absolute atomic E-state index is 0.103. The first-order chi connectivity index (χ1) is 15.3. The van der Waals surface area contributed by atoms with Crippen molar-refractivity contribution in [2.45, 2.75) is 45.8 Å². The zero-order chi connectivity index (χ0) is 22.0. The lowest BCUT2D eigenvalue weighted by Gasteiger charge is -2.33. The van der Waals surface area contributed by atoms with Crippen LogP contribution >= 0.6 is 0 Å². The fraction of sp³-hybridized carbons (Fsp3) is 0.233. The van der Waals surface area contributed by atoms with Crippen LogP contribution in [-0.4, -0.2) is 0 Å². The highest BCUT2D eigenvalue weighted by atomic mass is 16.5. The van der Waals surface area contributed by atoms with Gasteiger partial charge in [-0.2, -0.15) is 0 Å². The van der Waals surface area contributed by atoms with Gasteiger partial charge < -0.3 is 4.74 Å². The van der Waals surface area contributed by atoms with Crippen molar-refractivity contribution in [3.63, 3.8) is 0 Å². The van der Waals surface area contributed by atoms with Gasteiger partial charge in [0, 0.05) is 17.6 Å². The van der Waals surface area contributed by atoms with Crippen molar-refractivity contribution >= 4 is 21.5 Å². The number of fused-ring (bicyclic) bond motifs is 4. The van der Waals surface area contributed by atoms with Gasteiger partial charge in [0.05, 0.1) is 16.5 Å². The Morgan fingerprint density at radius 1 is 0.875 bits per heavy atom. The van der Waals surface area contributed by atoms with Crippen molar-refractivity contribution in [2.75, 3.05) is 0 Å². The lowest BCUT2D eigenvalue weighted by atomic mass is 9.68. The first-order valence-corrected chi connectivity index (χ1v) is 11.4. The highest BCUT2D eigenvalue weighted by molar-refractivity contribution is 6.06. The molecule has 4 aromatic rings. The molecule has 1 aliphatic carbocycles. The minimum Gasteiger partial charge on any atom is -0.429 e.